The number of anilines is 2. The fraction of sp³-hybridized carbons (Fsp3) is 0.714. The van der Waals surface area contributed by atoms with Gasteiger partial charge in [-0.05, 0) is 19.3 Å². The average molecular weight is 296 g/mol. The Kier molecular flexibility index (Phi) is 4.72. The van der Waals surface area contributed by atoms with Gasteiger partial charge in [-0.3, -0.25) is 14.3 Å². The van der Waals surface area contributed by atoms with Crippen LogP contribution in [0.15, 0.2) is 9.59 Å². The molecule has 7 nitrogen and oxygen atoms in total. The minimum atomic E-state index is -0.803. The Balaban J connectivity index is 2.21. The summed E-state index contributed by atoms with van der Waals surface area (Å²) in [5, 5.41) is 13.4. The molecule has 1 aromatic rings. The Morgan fingerprint density at radius 2 is 2.00 bits per heavy atom. The van der Waals surface area contributed by atoms with E-state index in [0.29, 0.717) is 19.4 Å². The van der Waals surface area contributed by atoms with Gasteiger partial charge in [-0.25, -0.2) is 4.79 Å². The molecule has 0 bridgehead atoms. The van der Waals surface area contributed by atoms with Crippen molar-refractivity contribution in [3.63, 3.8) is 0 Å². The van der Waals surface area contributed by atoms with Gasteiger partial charge in [-0.15, -0.1) is 0 Å². The number of rotatable bonds is 5. The zero-order valence-electron chi connectivity index (χ0n) is 12.4. The van der Waals surface area contributed by atoms with Gasteiger partial charge in [0.1, 0.15) is 11.5 Å². The first-order valence-electron chi connectivity index (χ1n) is 7.56. The smallest absolute Gasteiger partial charge is 0.330 e. The summed E-state index contributed by atoms with van der Waals surface area (Å²) in [7, 11) is 0. The van der Waals surface area contributed by atoms with Gasteiger partial charge < -0.3 is 16.2 Å². The molecule has 1 aromatic heterocycles. The maximum absolute atomic E-state index is 11.9. The van der Waals surface area contributed by atoms with Crippen molar-refractivity contribution in [2.75, 3.05) is 17.6 Å². The van der Waals surface area contributed by atoms with E-state index in [-0.39, 0.29) is 18.1 Å². The predicted molar refractivity (Wildman–Crippen MR) is 82.6 cm³/mol. The van der Waals surface area contributed by atoms with Crippen LogP contribution in [-0.2, 0) is 6.54 Å². The minimum absolute atomic E-state index is 0.130. The fourth-order valence-electron chi connectivity index (χ4n) is 2.84. The highest BCUT2D eigenvalue weighted by Gasteiger charge is 2.29. The molecular formula is C14H24N4O3. The standard InChI is InChI=1S/C14H24N4O3/c1-2-8-18-11(15)10(12(19)17-13(18)20)16-9-14(21)6-4-3-5-7-14/h16,21H,2-9,15H2,1H3,(H,17,19,20). The van der Waals surface area contributed by atoms with Gasteiger partial charge in [0.2, 0.25) is 0 Å². The zero-order valence-corrected chi connectivity index (χ0v) is 12.4. The molecule has 118 valence electrons. The Morgan fingerprint density at radius 3 is 2.62 bits per heavy atom. The number of hydrogen-bond acceptors (Lipinski definition) is 5. The molecule has 0 saturated heterocycles. The second-order valence-corrected chi connectivity index (χ2v) is 5.81. The van der Waals surface area contributed by atoms with E-state index >= 15 is 0 Å². The molecule has 2 rings (SSSR count). The number of nitrogens with zero attached hydrogens (tertiary/aromatic N) is 1. The van der Waals surface area contributed by atoms with Crippen molar-refractivity contribution in [1.29, 1.82) is 0 Å². The summed E-state index contributed by atoms with van der Waals surface area (Å²) >= 11 is 0. The summed E-state index contributed by atoms with van der Waals surface area (Å²) in [6.07, 6.45) is 5.27. The lowest BCUT2D eigenvalue weighted by Crippen LogP contribution is -2.41. The van der Waals surface area contributed by atoms with E-state index in [1.807, 2.05) is 6.92 Å². The third-order valence-corrected chi connectivity index (χ3v) is 4.07. The summed E-state index contributed by atoms with van der Waals surface area (Å²) in [6.45, 7) is 2.64. The Hall–Kier alpha value is -1.76. The van der Waals surface area contributed by atoms with Crippen LogP contribution >= 0.6 is 0 Å². The minimum Gasteiger partial charge on any atom is -0.388 e. The molecular weight excluding hydrogens is 272 g/mol. The van der Waals surface area contributed by atoms with Crippen molar-refractivity contribution in [3.8, 4) is 0 Å². The van der Waals surface area contributed by atoms with E-state index in [2.05, 4.69) is 10.3 Å². The Bertz CT molecular complexity index is 599. The lowest BCUT2D eigenvalue weighted by atomic mass is 9.85. The lowest BCUT2D eigenvalue weighted by Gasteiger charge is -2.32. The van der Waals surface area contributed by atoms with Crippen LogP contribution in [0.4, 0.5) is 11.5 Å². The molecule has 0 unspecified atom stereocenters. The number of nitrogens with two attached hydrogens (primary N) is 1. The highest BCUT2D eigenvalue weighted by atomic mass is 16.3. The maximum atomic E-state index is 11.9. The largest absolute Gasteiger partial charge is 0.388 e. The first-order valence-corrected chi connectivity index (χ1v) is 7.56. The fourth-order valence-corrected chi connectivity index (χ4v) is 2.84. The summed E-state index contributed by atoms with van der Waals surface area (Å²) < 4.78 is 1.34. The van der Waals surface area contributed by atoms with Crippen LogP contribution < -0.4 is 22.3 Å². The van der Waals surface area contributed by atoms with Gasteiger partial charge in [0, 0.05) is 13.1 Å². The second kappa shape index (κ2) is 6.34. The number of H-pyrrole nitrogens is 1. The number of aromatic nitrogens is 2. The second-order valence-electron chi connectivity index (χ2n) is 5.81. The first-order chi connectivity index (χ1) is 9.97. The van der Waals surface area contributed by atoms with Crippen LogP contribution in [0.2, 0.25) is 0 Å². The molecule has 1 aliphatic rings. The Labute approximate surface area is 123 Å². The highest BCUT2D eigenvalue weighted by Crippen LogP contribution is 2.28. The summed E-state index contributed by atoms with van der Waals surface area (Å²) in [4.78, 5) is 25.9. The van der Waals surface area contributed by atoms with Crippen molar-refractivity contribution in [2.24, 2.45) is 0 Å². The normalized spacial score (nSPS) is 17.6. The number of aromatic amines is 1. The average Bonchev–Trinajstić information content (AvgIpc) is 2.44. The van der Waals surface area contributed by atoms with Crippen LogP contribution in [0.3, 0.4) is 0 Å². The van der Waals surface area contributed by atoms with Crippen LogP contribution in [0.1, 0.15) is 45.4 Å². The molecule has 0 spiro atoms. The monoisotopic (exact) mass is 296 g/mol. The molecule has 1 fully saturated rings. The van der Waals surface area contributed by atoms with Gasteiger partial charge in [-0.1, -0.05) is 26.2 Å². The van der Waals surface area contributed by atoms with Gasteiger partial charge in [0.15, 0.2) is 0 Å². The molecule has 7 heteroatoms. The Morgan fingerprint density at radius 1 is 1.33 bits per heavy atom. The summed E-state index contributed by atoms with van der Waals surface area (Å²) in [5.74, 6) is 0.130. The van der Waals surface area contributed by atoms with E-state index in [0.717, 1.165) is 25.7 Å². The van der Waals surface area contributed by atoms with Gasteiger partial charge >= 0.3 is 5.69 Å². The number of nitrogens with one attached hydrogen (secondary N) is 2. The molecule has 0 radical (unpaired) electrons. The van der Waals surface area contributed by atoms with Gasteiger partial charge in [-0.2, -0.15) is 0 Å². The molecule has 5 N–H and O–H groups in total. The van der Waals surface area contributed by atoms with Crippen molar-refractivity contribution >= 4 is 11.5 Å². The van der Waals surface area contributed by atoms with E-state index in [1.54, 1.807) is 0 Å². The van der Waals surface area contributed by atoms with E-state index < -0.39 is 16.9 Å². The zero-order chi connectivity index (χ0) is 15.5. The SMILES string of the molecule is CCCn1c(N)c(NCC2(O)CCCCC2)c(=O)[nH]c1=O. The van der Waals surface area contributed by atoms with Crippen molar-refractivity contribution in [3.05, 3.63) is 20.8 Å². The third-order valence-electron chi connectivity index (χ3n) is 4.07. The van der Waals surface area contributed by atoms with Crippen LogP contribution in [0, 0.1) is 0 Å². The lowest BCUT2D eigenvalue weighted by molar-refractivity contribution is 0.0167. The molecule has 0 atom stereocenters. The topological polar surface area (TPSA) is 113 Å². The quantitative estimate of drug-likeness (QED) is 0.636. The molecule has 0 aliphatic heterocycles. The van der Waals surface area contributed by atoms with Crippen LogP contribution in [0.5, 0.6) is 0 Å². The van der Waals surface area contributed by atoms with Crippen molar-refractivity contribution < 1.29 is 5.11 Å². The molecule has 21 heavy (non-hydrogen) atoms. The first kappa shape index (κ1) is 15.6. The molecule has 1 heterocycles. The summed E-state index contributed by atoms with van der Waals surface area (Å²) in [6, 6.07) is 0. The number of nitrogen functional groups attached to an aromatic ring is 1. The van der Waals surface area contributed by atoms with Gasteiger partial charge in [0.05, 0.1) is 5.60 Å². The van der Waals surface area contributed by atoms with Gasteiger partial charge in [0.25, 0.3) is 5.56 Å². The number of hydrogen-bond donors (Lipinski definition) is 4. The molecule has 1 aliphatic carbocycles. The highest BCUT2D eigenvalue weighted by molar-refractivity contribution is 5.60. The van der Waals surface area contributed by atoms with E-state index in [9.17, 15) is 14.7 Å². The number of aliphatic hydroxyl groups is 1. The van der Waals surface area contributed by atoms with E-state index in [1.165, 1.54) is 4.57 Å². The third kappa shape index (κ3) is 3.47. The van der Waals surface area contributed by atoms with Crippen molar-refractivity contribution in [1.82, 2.24) is 9.55 Å². The predicted octanol–water partition coefficient (Wildman–Crippen LogP) is 0.636. The molecule has 0 aromatic carbocycles. The summed E-state index contributed by atoms with van der Waals surface area (Å²) in [5.41, 5.74) is 4.26. The van der Waals surface area contributed by atoms with Crippen LogP contribution in [0.25, 0.3) is 0 Å². The molecule has 1 saturated carbocycles. The maximum Gasteiger partial charge on any atom is 0.330 e. The van der Waals surface area contributed by atoms with E-state index in [4.69, 9.17) is 5.73 Å². The van der Waals surface area contributed by atoms with Crippen molar-refractivity contribution in [2.45, 2.75) is 57.6 Å². The molecule has 0 amide bonds. The van der Waals surface area contributed by atoms with Crippen LogP contribution in [-0.4, -0.2) is 26.8 Å².